The van der Waals surface area contributed by atoms with E-state index in [4.69, 9.17) is 11.2 Å². The molecule has 28 heavy (non-hydrogen) atoms. The molecule has 144 valence electrons. The Morgan fingerprint density at radius 1 is 1.25 bits per heavy atom. The largest absolute Gasteiger partial charge is 0.378 e. The van der Waals surface area contributed by atoms with Crippen molar-refractivity contribution in [3.63, 3.8) is 0 Å². The lowest BCUT2D eigenvalue weighted by Crippen LogP contribution is -2.39. The van der Waals surface area contributed by atoms with E-state index < -0.39 is 0 Å². The van der Waals surface area contributed by atoms with Crippen LogP contribution in [0.15, 0.2) is 48.7 Å². The normalized spacial score (nSPS) is 20.3. The number of H-pyrrole nitrogens is 1. The van der Waals surface area contributed by atoms with Gasteiger partial charge in [-0.15, -0.1) is 6.42 Å². The van der Waals surface area contributed by atoms with E-state index >= 15 is 0 Å². The molecule has 3 nitrogen and oxygen atoms in total. The van der Waals surface area contributed by atoms with Gasteiger partial charge in [0.2, 0.25) is 0 Å². The number of hydrogen-bond donors (Lipinski definition) is 1. The van der Waals surface area contributed by atoms with Gasteiger partial charge in [0.15, 0.2) is 0 Å². The molecule has 0 bridgehead atoms. The van der Waals surface area contributed by atoms with Crippen LogP contribution in [0.4, 0.5) is 0 Å². The Balaban J connectivity index is 1.70. The SMILES string of the molecule is C#Cc1cc(C)c2[nH]ccc2c1CN1CC[C@H](OCC)C[C@H]1c1ccccc1. The summed E-state index contributed by atoms with van der Waals surface area (Å²) in [7, 11) is 0. The lowest BCUT2D eigenvalue weighted by molar-refractivity contribution is -0.0136. The quantitative estimate of drug-likeness (QED) is 0.624. The van der Waals surface area contributed by atoms with E-state index in [1.54, 1.807) is 0 Å². The molecule has 1 N–H and O–H groups in total. The predicted molar refractivity (Wildman–Crippen MR) is 115 cm³/mol. The van der Waals surface area contributed by atoms with Crippen LogP contribution in [-0.4, -0.2) is 29.1 Å². The van der Waals surface area contributed by atoms with Crippen molar-refractivity contribution in [2.45, 2.75) is 45.4 Å². The molecular formula is C25H28N2O. The number of rotatable bonds is 5. The summed E-state index contributed by atoms with van der Waals surface area (Å²) >= 11 is 0. The van der Waals surface area contributed by atoms with Crippen LogP contribution in [0.2, 0.25) is 0 Å². The highest BCUT2D eigenvalue weighted by Crippen LogP contribution is 2.35. The fraction of sp³-hybridized carbons (Fsp3) is 0.360. The van der Waals surface area contributed by atoms with Crippen LogP contribution < -0.4 is 0 Å². The van der Waals surface area contributed by atoms with Gasteiger partial charge >= 0.3 is 0 Å². The summed E-state index contributed by atoms with van der Waals surface area (Å²) in [6.45, 7) is 6.83. The Bertz CT molecular complexity index is 983. The zero-order valence-corrected chi connectivity index (χ0v) is 16.7. The van der Waals surface area contributed by atoms with Crippen molar-refractivity contribution in [1.29, 1.82) is 0 Å². The van der Waals surface area contributed by atoms with Gasteiger partial charge in [0.1, 0.15) is 0 Å². The number of ether oxygens (including phenoxy) is 1. The molecule has 4 rings (SSSR count). The topological polar surface area (TPSA) is 28.3 Å². The molecule has 0 amide bonds. The first-order chi connectivity index (χ1) is 13.7. The number of terminal acetylenes is 1. The molecule has 3 aromatic rings. The summed E-state index contributed by atoms with van der Waals surface area (Å²) in [6.07, 6.45) is 10.3. The molecule has 2 aromatic carbocycles. The zero-order chi connectivity index (χ0) is 19.5. The zero-order valence-electron chi connectivity index (χ0n) is 16.7. The van der Waals surface area contributed by atoms with Gasteiger partial charge in [0.05, 0.1) is 6.10 Å². The van der Waals surface area contributed by atoms with E-state index in [1.165, 1.54) is 27.6 Å². The summed E-state index contributed by atoms with van der Waals surface area (Å²) in [4.78, 5) is 5.95. The van der Waals surface area contributed by atoms with Crippen molar-refractivity contribution in [3.8, 4) is 12.3 Å². The Hall–Kier alpha value is -2.54. The van der Waals surface area contributed by atoms with Gasteiger partial charge < -0.3 is 9.72 Å². The fourth-order valence-corrected chi connectivity index (χ4v) is 4.55. The average Bonchev–Trinajstić information content (AvgIpc) is 3.22. The van der Waals surface area contributed by atoms with E-state index in [1.807, 2.05) is 6.20 Å². The van der Waals surface area contributed by atoms with Crippen LogP contribution in [0.3, 0.4) is 0 Å². The van der Waals surface area contributed by atoms with Gasteiger partial charge in [0, 0.05) is 48.4 Å². The standard InChI is InChI=1S/C25H28N2O/c1-4-19-15-18(3)25-22(11-13-26-25)23(19)17-27-14-12-21(28-5-2)16-24(27)20-9-7-6-8-10-20/h1,6-11,13,15,21,24,26H,5,12,14,16-17H2,2-3H3/t21-,24-/m0/s1. The number of benzene rings is 2. The molecular weight excluding hydrogens is 344 g/mol. The maximum Gasteiger partial charge on any atom is 0.0605 e. The van der Waals surface area contributed by atoms with E-state index in [9.17, 15) is 0 Å². The van der Waals surface area contributed by atoms with Crippen LogP contribution in [-0.2, 0) is 11.3 Å². The average molecular weight is 373 g/mol. The molecule has 0 unspecified atom stereocenters. The smallest absolute Gasteiger partial charge is 0.0605 e. The highest BCUT2D eigenvalue weighted by molar-refractivity contribution is 5.88. The minimum Gasteiger partial charge on any atom is -0.378 e. The van der Waals surface area contributed by atoms with Crippen LogP contribution in [0.5, 0.6) is 0 Å². The molecule has 0 aliphatic carbocycles. The summed E-state index contributed by atoms with van der Waals surface area (Å²) in [5, 5.41) is 1.24. The van der Waals surface area contributed by atoms with Crippen molar-refractivity contribution in [3.05, 3.63) is 70.9 Å². The van der Waals surface area contributed by atoms with E-state index in [0.29, 0.717) is 12.1 Å². The molecule has 1 fully saturated rings. The third-order valence-electron chi connectivity index (χ3n) is 5.92. The van der Waals surface area contributed by atoms with Crippen LogP contribution in [0, 0.1) is 19.3 Å². The van der Waals surface area contributed by atoms with Crippen molar-refractivity contribution in [2.24, 2.45) is 0 Å². The highest BCUT2D eigenvalue weighted by Gasteiger charge is 2.30. The minimum atomic E-state index is 0.323. The molecule has 3 heteroatoms. The molecule has 1 aliphatic heterocycles. The molecule has 1 aliphatic rings. The summed E-state index contributed by atoms with van der Waals surface area (Å²) in [5.41, 5.74) is 6.00. The Morgan fingerprint density at radius 2 is 2.07 bits per heavy atom. The van der Waals surface area contributed by atoms with Gasteiger partial charge in [-0.1, -0.05) is 36.3 Å². The Labute approximate surface area is 167 Å². The summed E-state index contributed by atoms with van der Waals surface area (Å²) in [5.74, 6) is 2.93. The number of aromatic amines is 1. The number of hydrogen-bond acceptors (Lipinski definition) is 2. The number of piperidine rings is 1. The van der Waals surface area contributed by atoms with Crippen LogP contribution in [0.1, 0.15) is 48.1 Å². The van der Waals surface area contributed by atoms with Crippen molar-refractivity contribution in [1.82, 2.24) is 9.88 Å². The van der Waals surface area contributed by atoms with Crippen molar-refractivity contribution < 1.29 is 4.74 Å². The first-order valence-corrected chi connectivity index (χ1v) is 10.2. The number of nitrogens with zero attached hydrogens (tertiary/aromatic N) is 1. The minimum absolute atomic E-state index is 0.323. The van der Waals surface area contributed by atoms with E-state index in [2.05, 4.69) is 72.1 Å². The molecule has 1 saturated heterocycles. The molecule has 2 atom stereocenters. The Morgan fingerprint density at radius 3 is 2.82 bits per heavy atom. The predicted octanol–water partition coefficient (Wildman–Crippen LogP) is 5.20. The monoisotopic (exact) mass is 372 g/mol. The van der Waals surface area contributed by atoms with Crippen molar-refractivity contribution in [2.75, 3.05) is 13.2 Å². The van der Waals surface area contributed by atoms with Crippen LogP contribution >= 0.6 is 0 Å². The first kappa shape index (κ1) is 18.8. The second-order valence-electron chi connectivity index (χ2n) is 7.63. The number of aromatic nitrogens is 1. The number of aryl methyl sites for hydroxylation is 1. The van der Waals surface area contributed by atoms with Gasteiger partial charge in [-0.3, -0.25) is 4.90 Å². The second kappa shape index (κ2) is 8.22. The molecule has 0 radical (unpaired) electrons. The third-order valence-corrected chi connectivity index (χ3v) is 5.92. The van der Waals surface area contributed by atoms with Gasteiger partial charge in [-0.2, -0.15) is 0 Å². The lowest BCUT2D eigenvalue weighted by atomic mass is 9.91. The second-order valence-corrected chi connectivity index (χ2v) is 7.63. The van der Waals surface area contributed by atoms with E-state index in [-0.39, 0.29) is 0 Å². The summed E-state index contributed by atoms with van der Waals surface area (Å²) in [6, 6.07) is 15.4. The molecule has 0 spiro atoms. The first-order valence-electron chi connectivity index (χ1n) is 10.2. The molecule has 1 aromatic heterocycles. The fourth-order valence-electron chi connectivity index (χ4n) is 4.55. The maximum atomic E-state index is 5.99. The highest BCUT2D eigenvalue weighted by atomic mass is 16.5. The van der Waals surface area contributed by atoms with E-state index in [0.717, 1.165) is 38.1 Å². The number of likely N-dealkylation sites (tertiary alicyclic amines) is 1. The maximum absolute atomic E-state index is 5.99. The lowest BCUT2D eigenvalue weighted by Gasteiger charge is -2.40. The van der Waals surface area contributed by atoms with Gasteiger partial charge in [-0.25, -0.2) is 0 Å². The van der Waals surface area contributed by atoms with Crippen molar-refractivity contribution >= 4 is 10.9 Å². The number of fused-ring (bicyclic) bond motifs is 1. The summed E-state index contributed by atoms with van der Waals surface area (Å²) < 4.78 is 5.99. The van der Waals surface area contributed by atoms with Gasteiger partial charge in [0.25, 0.3) is 0 Å². The Kier molecular flexibility index (Phi) is 5.52. The molecule has 0 saturated carbocycles. The molecule has 2 heterocycles. The number of nitrogens with one attached hydrogen (secondary N) is 1. The van der Waals surface area contributed by atoms with Gasteiger partial charge in [-0.05, 0) is 55.5 Å². The van der Waals surface area contributed by atoms with Crippen LogP contribution in [0.25, 0.3) is 10.9 Å². The third kappa shape index (κ3) is 3.58.